The summed E-state index contributed by atoms with van der Waals surface area (Å²) in [6, 6.07) is 15.0. The number of aliphatic hydroxyl groups excluding tert-OH is 1. The van der Waals surface area contributed by atoms with Crippen molar-refractivity contribution in [2.75, 3.05) is 38.6 Å². The monoisotopic (exact) mass is 1090 g/mol. The van der Waals surface area contributed by atoms with E-state index in [-0.39, 0.29) is 54.0 Å². The summed E-state index contributed by atoms with van der Waals surface area (Å²) in [4.78, 5) is 79.1. The lowest BCUT2D eigenvalue weighted by Crippen LogP contribution is -2.43. The van der Waals surface area contributed by atoms with Crippen molar-refractivity contribution >= 4 is 96.6 Å². The smallest absolute Gasteiger partial charge is 0.328 e. The lowest BCUT2D eigenvalue weighted by Gasteiger charge is -2.31. The van der Waals surface area contributed by atoms with Gasteiger partial charge in [0.25, 0.3) is 11.8 Å². The van der Waals surface area contributed by atoms with Gasteiger partial charge in [0, 0.05) is 69.3 Å². The van der Waals surface area contributed by atoms with E-state index in [1.807, 2.05) is 6.92 Å². The number of aromatic nitrogens is 6. The number of carbonyl (C=O) groups excluding carboxylic acids is 4. The molecular weight excluding hydrogens is 1050 g/mol. The molecule has 2 atom stereocenters. The summed E-state index contributed by atoms with van der Waals surface area (Å²) in [6.07, 6.45) is 3.75. The number of fused-ring (bicyclic) bond motifs is 2. The van der Waals surface area contributed by atoms with E-state index in [0.29, 0.717) is 49.3 Å². The molecule has 6 heterocycles. The summed E-state index contributed by atoms with van der Waals surface area (Å²) in [7, 11) is -1.70. The quantitative estimate of drug-likeness (QED) is 0.0494. The Morgan fingerprint density at radius 3 is 1.57 bits per heavy atom. The topological polar surface area (TPSA) is 250 Å². The van der Waals surface area contributed by atoms with Crippen molar-refractivity contribution in [2.24, 2.45) is 0 Å². The highest BCUT2D eigenvalue weighted by atomic mass is 32.2. The van der Waals surface area contributed by atoms with E-state index in [2.05, 4.69) is 56.5 Å². The molecule has 0 saturated heterocycles. The SMILES string of the molecule is Cc1ccc(C(=O)Nc2nccs2)cc1-c1nc(NC[C@@H](C)O)nc2c1CNC(=O)N2c1c(F)cccc1F.Cc1ccc(C(=O)Nc2nccs2)cc1-c1nc(S(C)=O)nc2c1CNC(=O)N2c1c(F)cccc1F. The first-order valence-corrected chi connectivity index (χ1v) is 26.0. The number of hydrogen-bond donors (Lipinski definition) is 6. The molecule has 8 aromatic rings. The summed E-state index contributed by atoms with van der Waals surface area (Å²) < 4.78 is 71.6. The van der Waals surface area contributed by atoms with Crippen LogP contribution in [-0.2, 0) is 23.9 Å². The fraction of sp³-hybridized carbons (Fsp3) is 0.160. The number of carbonyl (C=O) groups is 4. The molecule has 388 valence electrons. The van der Waals surface area contributed by atoms with Gasteiger partial charge in [-0.3, -0.25) is 24.4 Å². The number of urea groups is 2. The van der Waals surface area contributed by atoms with Crippen LogP contribution in [-0.4, -0.2) is 82.0 Å². The molecule has 1 unspecified atom stereocenters. The highest BCUT2D eigenvalue weighted by molar-refractivity contribution is 7.84. The lowest BCUT2D eigenvalue weighted by atomic mass is 9.97. The van der Waals surface area contributed by atoms with Crippen LogP contribution in [0, 0.1) is 37.1 Å². The molecule has 6 amide bonds. The number of nitrogens with one attached hydrogen (secondary N) is 5. The Labute approximate surface area is 440 Å². The Hall–Kier alpha value is -8.59. The number of anilines is 7. The van der Waals surface area contributed by atoms with Gasteiger partial charge in [0.05, 0.1) is 41.4 Å². The maximum absolute atomic E-state index is 14.8. The number of para-hydroxylation sites is 2. The summed E-state index contributed by atoms with van der Waals surface area (Å²) in [5.74, 6) is -4.73. The van der Waals surface area contributed by atoms with E-state index in [9.17, 15) is 46.1 Å². The molecule has 0 saturated carbocycles. The molecule has 2 aliphatic rings. The largest absolute Gasteiger partial charge is 0.392 e. The molecule has 4 aromatic carbocycles. The normalized spacial score (nSPS) is 13.5. The van der Waals surface area contributed by atoms with Crippen molar-refractivity contribution in [3.05, 3.63) is 153 Å². The van der Waals surface area contributed by atoms with Gasteiger partial charge in [-0.15, -0.1) is 22.7 Å². The highest BCUT2D eigenvalue weighted by Gasteiger charge is 2.36. The molecule has 6 N–H and O–H groups in total. The standard InChI is InChI=1S/C26H23F2N7O3S.C24H18F2N6O3S2/c1-13-6-7-15(23(37)34-25-29-8-9-39-25)10-16(13)20-17-12-31-26(38)35(21-18(27)4-3-5-19(21)28)22(17)33-24(32-20)30-11-14(2)36;1-12-6-7-13(21(33)31-22-27-8-9-36-22)10-14(12)18-15-11-28-24(34)32(19-16(25)4-3-5-17(19)26)20(15)30-23(29-18)37(2)35/h3-10,14,36H,11-12H2,1-2H3,(H,31,38)(H,29,34,37)(H,30,32,33);3-10H,11H2,1-2H3,(H,28,34)(H,27,31,33)/t14-;/m1./s1. The van der Waals surface area contributed by atoms with Gasteiger partial charge in [-0.25, -0.2) is 61.9 Å². The second-order valence-corrected chi connectivity index (χ2v) is 19.9. The predicted molar refractivity (Wildman–Crippen MR) is 279 cm³/mol. The van der Waals surface area contributed by atoms with Gasteiger partial charge in [0.1, 0.15) is 34.6 Å². The number of halogens is 4. The minimum absolute atomic E-state index is 0.0261. The average molecular weight is 1090 g/mol. The number of benzene rings is 4. The van der Waals surface area contributed by atoms with Crippen LogP contribution in [0.15, 0.2) is 101 Å². The molecule has 0 spiro atoms. The van der Waals surface area contributed by atoms with Crippen molar-refractivity contribution in [2.45, 2.75) is 45.1 Å². The number of thiazole rings is 2. The van der Waals surface area contributed by atoms with Gasteiger partial charge < -0.3 is 21.1 Å². The summed E-state index contributed by atoms with van der Waals surface area (Å²) in [5, 5.41) is 27.6. The second-order valence-electron chi connectivity index (χ2n) is 16.8. The molecule has 2 aliphatic heterocycles. The van der Waals surface area contributed by atoms with Gasteiger partial charge in [0.15, 0.2) is 21.9 Å². The first-order valence-electron chi connectivity index (χ1n) is 22.7. The molecule has 76 heavy (non-hydrogen) atoms. The van der Waals surface area contributed by atoms with Gasteiger partial charge in [-0.1, -0.05) is 24.3 Å². The maximum Gasteiger partial charge on any atom is 0.328 e. The molecule has 19 nitrogen and oxygen atoms in total. The first kappa shape index (κ1) is 52.3. The number of aryl methyl sites for hydroxylation is 2. The van der Waals surface area contributed by atoms with E-state index >= 15 is 0 Å². The summed E-state index contributed by atoms with van der Waals surface area (Å²) in [6.45, 7) is 5.18. The number of nitrogens with zero attached hydrogens (tertiary/aromatic N) is 8. The van der Waals surface area contributed by atoms with E-state index in [1.54, 1.807) is 73.4 Å². The minimum atomic E-state index is -1.70. The third-order valence-electron chi connectivity index (χ3n) is 11.6. The second kappa shape index (κ2) is 22.1. The fourth-order valence-corrected chi connectivity index (χ4v) is 9.44. The molecule has 0 aliphatic carbocycles. The van der Waals surface area contributed by atoms with Crippen LogP contribution in [0.25, 0.3) is 22.5 Å². The van der Waals surface area contributed by atoms with E-state index in [0.717, 1.165) is 45.2 Å². The third-order valence-corrected chi connectivity index (χ3v) is 13.6. The van der Waals surface area contributed by atoms with Crippen molar-refractivity contribution < 1.29 is 46.1 Å². The number of hydrogen-bond acceptors (Lipinski definition) is 15. The molecule has 4 aromatic heterocycles. The third kappa shape index (κ3) is 10.8. The fourth-order valence-electron chi connectivity index (χ4n) is 7.96. The van der Waals surface area contributed by atoms with Crippen molar-refractivity contribution in [1.82, 2.24) is 40.5 Å². The Balaban J connectivity index is 0.000000186. The van der Waals surface area contributed by atoms with Crippen molar-refractivity contribution in [3.63, 3.8) is 0 Å². The molecule has 0 bridgehead atoms. The van der Waals surface area contributed by atoms with E-state index in [4.69, 9.17) is 0 Å². The zero-order valence-corrected chi connectivity index (χ0v) is 42.7. The van der Waals surface area contributed by atoms with Crippen molar-refractivity contribution in [3.8, 4) is 22.5 Å². The van der Waals surface area contributed by atoms with E-state index in [1.165, 1.54) is 41.1 Å². The molecular formula is C50H41F4N13O6S3. The minimum Gasteiger partial charge on any atom is -0.392 e. The zero-order valence-electron chi connectivity index (χ0n) is 40.2. The van der Waals surface area contributed by atoms with E-state index < -0.39 is 69.5 Å². The molecule has 26 heteroatoms. The Kier molecular flexibility index (Phi) is 15.2. The van der Waals surface area contributed by atoms with Gasteiger partial charge in [0.2, 0.25) is 11.1 Å². The molecule has 0 radical (unpaired) electrons. The van der Waals surface area contributed by atoms with Crippen LogP contribution in [0.2, 0.25) is 0 Å². The lowest BCUT2D eigenvalue weighted by molar-refractivity contribution is 0.101. The Bertz CT molecular complexity index is 3570. The number of rotatable bonds is 12. The van der Waals surface area contributed by atoms with Gasteiger partial charge in [-0.05, 0) is 80.4 Å². The van der Waals surface area contributed by atoms with Crippen LogP contribution in [0.3, 0.4) is 0 Å². The summed E-state index contributed by atoms with van der Waals surface area (Å²) in [5.41, 5.74) is 3.30. The Morgan fingerprint density at radius 1 is 0.697 bits per heavy atom. The predicted octanol–water partition coefficient (Wildman–Crippen LogP) is 9.13. The van der Waals surface area contributed by atoms with Crippen LogP contribution in [0.4, 0.5) is 66.4 Å². The average Bonchev–Trinajstić information content (AvgIpc) is 4.14. The summed E-state index contributed by atoms with van der Waals surface area (Å²) >= 11 is 2.55. The first-order chi connectivity index (χ1) is 36.5. The maximum atomic E-state index is 14.8. The van der Waals surface area contributed by atoms with Crippen LogP contribution in [0.5, 0.6) is 0 Å². The van der Waals surface area contributed by atoms with Gasteiger partial charge in [-0.2, -0.15) is 4.98 Å². The van der Waals surface area contributed by atoms with Gasteiger partial charge >= 0.3 is 12.1 Å². The number of aliphatic hydroxyl groups is 1. The number of amides is 6. The molecule has 10 rings (SSSR count). The highest BCUT2D eigenvalue weighted by Crippen LogP contribution is 2.41. The van der Waals surface area contributed by atoms with Crippen molar-refractivity contribution in [1.29, 1.82) is 0 Å². The van der Waals surface area contributed by atoms with Crippen LogP contribution >= 0.6 is 22.7 Å². The Morgan fingerprint density at radius 2 is 1.14 bits per heavy atom. The van der Waals surface area contributed by atoms with Crippen LogP contribution < -0.4 is 36.4 Å². The zero-order chi connectivity index (χ0) is 53.9. The van der Waals surface area contributed by atoms with Crippen LogP contribution in [0.1, 0.15) is 49.9 Å². The molecule has 0 fully saturated rings.